The number of carbonyl (C=O) groups is 2. The van der Waals surface area contributed by atoms with Crippen molar-refractivity contribution in [3.05, 3.63) is 101 Å². The Labute approximate surface area is 215 Å². The summed E-state index contributed by atoms with van der Waals surface area (Å²) in [6.45, 7) is 4.20. The number of hydrogen-bond donors (Lipinski definition) is 2. The molecule has 1 heterocycles. The number of amides is 2. The largest absolute Gasteiger partial charge is 0.457 e. The molecule has 0 unspecified atom stereocenters. The highest BCUT2D eigenvalue weighted by Crippen LogP contribution is 2.23. The molecule has 1 aliphatic heterocycles. The standard InChI is InChI=1S/C28H28ClN3O4/c29-23-11-9-22(10-12-23)27(33)31-26(28(34)30-13-14-32-15-17-35-18-16-32)20-21-5-4-8-25(19-21)36-24-6-2-1-3-7-24/h1-12,19-20H,13-18H2,(H,30,34)(H,31,33). The molecular weight excluding hydrogens is 478 g/mol. The number of nitrogens with zero attached hydrogens (tertiary/aromatic N) is 1. The molecule has 3 aromatic carbocycles. The number of hydrogen-bond acceptors (Lipinski definition) is 5. The summed E-state index contributed by atoms with van der Waals surface area (Å²) < 4.78 is 11.3. The average Bonchev–Trinajstić information content (AvgIpc) is 2.90. The third-order valence-electron chi connectivity index (χ3n) is 5.56. The van der Waals surface area contributed by atoms with Crippen molar-refractivity contribution in [3.8, 4) is 11.5 Å². The molecule has 0 bridgehead atoms. The van der Waals surface area contributed by atoms with Crippen LogP contribution in [0.5, 0.6) is 11.5 Å². The minimum atomic E-state index is -0.405. The van der Waals surface area contributed by atoms with Crippen LogP contribution in [-0.4, -0.2) is 56.1 Å². The van der Waals surface area contributed by atoms with E-state index in [1.165, 1.54) is 0 Å². The molecule has 0 saturated carbocycles. The summed E-state index contributed by atoms with van der Waals surface area (Å²) in [6.07, 6.45) is 1.63. The predicted molar refractivity (Wildman–Crippen MR) is 140 cm³/mol. The summed E-state index contributed by atoms with van der Waals surface area (Å²) in [7, 11) is 0. The molecule has 2 amide bonds. The number of ether oxygens (including phenoxy) is 2. The molecule has 0 spiro atoms. The van der Waals surface area contributed by atoms with Crippen LogP contribution in [0.15, 0.2) is 84.6 Å². The van der Waals surface area contributed by atoms with Crippen molar-refractivity contribution in [2.75, 3.05) is 39.4 Å². The van der Waals surface area contributed by atoms with Crippen molar-refractivity contribution < 1.29 is 19.1 Å². The monoisotopic (exact) mass is 505 g/mol. The molecule has 7 nitrogen and oxygen atoms in total. The Balaban J connectivity index is 1.50. The van der Waals surface area contributed by atoms with Crippen LogP contribution >= 0.6 is 11.6 Å². The highest BCUT2D eigenvalue weighted by Gasteiger charge is 2.16. The first-order valence-corrected chi connectivity index (χ1v) is 12.1. The fraction of sp³-hybridized carbons (Fsp3) is 0.214. The number of benzene rings is 3. The van der Waals surface area contributed by atoms with Gasteiger partial charge in [0.15, 0.2) is 0 Å². The van der Waals surface area contributed by atoms with Crippen molar-refractivity contribution in [3.63, 3.8) is 0 Å². The lowest BCUT2D eigenvalue weighted by molar-refractivity contribution is -0.117. The number of carbonyl (C=O) groups excluding carboxylic acids is 2. The Morgan fingerprint density at radius 3 is 2.42 bits per heavy atom. The van der Waals surface area contributed by atoms with Crippen molar-refractivity contribution in [2.45, 2.75) is 0 Å². The molecule has 1 aliphatic rings. The number of nitrogens with one attached hydrogen (secondary N) is 2. The van der Waals surface area contributed by atoms with Crippen LogP contribution < -0.4 is 15.4 Å². The van der Waals surface area contributed by atoms with Crippen molar-refractivity contribution in [1.29, 1.82) is 0 Å². The number of rotatable bonds is 9. The Hall–Kier alpha value is -3.65. The molecule has 0 radical (unpaired) electrons. The van der Waals surface area contributed by atoms with Crippen molar-refractivity contribution >= 4 is 29.5 Å². The van der Waals surface area contributed by atoms with Crippen LogP contribution in [0.3, 0.4) is 0 Å². The lowest BCUT2D eigenvalue weighted by Gasteiger charge is -2.26. The molecule has 0 atom stereocenters. The van der Waals surface area contributed by atoms with E-state index < -0.39 is 5.91 Å². The second-order valence-corrected chi connectivity index (χ2v) is 8.65. The molecule has 3 aromatic rings. The Kier molecular flexibility index (Phi) is 9.10. The summed E-state index contributed by atoms with van der Waals surface area (Å²) in [5, 5.41) is 6.19. The van der Waals surface area contributed by atoms with Gasteiger partial charge in [0, 0.05) is 36.8 Å². The van der Waals surface area contributed by atoms with Gasteiger partial charge in [0.1, 0.15) is 17.2 Å². The maximum absolute atomic E-state index is 13.1. The minimum Gasteiger partial charge on any atom is -0.457 e. The van der Waals surface area contributed by atoms with Crippen molar-refractivity contribution in [2.24, 2.45) is 0 Å². The van der Waals surface area contributed by atoms with E-state index in [1.807, 2.05) is 54.6 Å². The molecule has 4 rings (SSSR count). The van der Waals surface area contributed by atoms with Crippen LogP contribution in [0.1, 0.15) is 15.9 Å². The lowest BCUT2D eigenvalue weighted by atomic mass is 10.1. The zero-order valence-corrected chi connectivity index (χ0v) is 20.5. The van der Waals surface area contributed by atoms with Gasteiger partial charge in [-0.3, -0.25) is 14.5 Å². The number of morpholine rings is 1. The molecule has 0 aromatic heterocycles. The summed E-state index contributed by atoms with van der Waals surface area (Å²) in [5.41, 5.74) is 1.24. The van der Waals surface area contributed by atoms with Crippen LogP contribution in [0.25, 0.3) is 6.08 Å². The van der Waals surface area contributed by atoms with E-state index in [0.29, 0.717) is 54.0 Å². The summed E-state index contributed by atoms with van der Waals surface area (Å²) >= 11 is 5.94. The first kappa shape index (κ1) is 25.4. The SMILES string of the molecule is O=C(NCCN1CCOCC1)C(=Cc1cccc(Oc2ccccc2)c1)NC(=O)c1ccc(Cl)cc1. The lowest BCUT2D eigenvalue weighted by Crippen LogP contribution is -2.42. The molecule has 2 N–H and O–H groups in total. The first-order chi connectivity index (χ1) is 17.6. The third-order valence-corrected chi connectivity index (χ3v) is 5.82. The zero-order chi connectivity index (χ0) is 25.2. The second kappa shape index (κ2) is 12.9. The van der Waals surface area contributed by atoms with Gasteiger partial charge in [-0.2, -0.15) is 0 Å². The Morgan fingerprint density at radius 2 is 1.67 bits per heavy atom. The molecular formula is C28H28ClN3O4. The number of para-hydroxylation sites is 1. The smallest absolute Gasteiger partial charge is 0.267 e. The third kappa shape index (κ3) is 7.68. The summed E-state index contributed by atoms with van der Waals surface area (Å²) in [5.74, 6) is 0.541. The van der Waals surface area contributed by atoms with Gasteiger partial charge in [-0.15, -0.1) is 0 Å². The highest BCUT2D eigenvalue weighted by molar-refractivity contribution is 6.30. The maximum Gasteiger partial charge on any atom is 0.267 e. The van der Waals surface area contributed by atoms with Gasteiger partial charge < -0.3 is 20.1 Å². The van der Waals surface area contributed by atoms with Gasteiger partial charge in [-0.1, -0.05) is 41.9 Å². The van der Waals surface area contributed by atoms with Gasteiger partial charge in [-0.25, -0.2) is 0 Å². The van der Waals surface area contributed by atoms with Gasteiger partial charge in [-0.05, 0) is 60.2 Å². The van der Waals surface area contributed by atoms with E-state index in [-0.39, 0.29) is 11.6 Å². The second-order valence-electron chi connectivity index (χ2n) is 8.22. The fourth-order valence-corrected chi connectivity index (χ4v) is 3.79. The predicted octanol–water partition coefficient (Wildman–Crippen LogP) is 4.35. The van der Waals surface area contributed by atoms with E-state index in [0.717, 1.165) is 13.1 Å². The highest BCUT2D eigenvalue weighted by atomic mass is 35.5. The average molecular weight is 506 g/mol. The summed E-state index contributed by atoms with van der Waals surface area (Å²) in [4.78, 5) is 28.2. The maximum atomic E-state index is 13.1. The van der Waals surface area contributed by atoms with E-state index in [2.05, 4.69) is 15.5 Å². The molecule has 186 valence electrons. The quantitative estimate of drug-likeness (QED) is 0.423. The fourth-order valence-electron chi connectivity index (χ4n) is 3.66. The van der Waals surface area contributed by atoms with Gasteiger partial charge in [0.2, 0.25) is 0 Å². The molecule has 1 fully saturated rings. The van der Waals surface area contributed by atoms with E-state index >= 15 is 0 Å². The zero-order valence-electron chi connectivity index (χ0n) is 19.8. The van der Waals surface area contributed by atoms with E-state index in [4.69, 9.17) is 21.1 Å². The Morgan fingerprint density at radius 1 is 0.944 bits per heavy atom. The Bertz CT molecular complexity index is 1190. The van der Waals surface area contributed by atoms with E-state index in [9.17, 15) is 9.59 Å². The molecule has 0 aliphatic carbocycles. The van der Waals surface area contributed by atoms with Gasteiger partial charge in [0.05, 0.1) is 13.2 Å². The van der Waals surface area contributed by atoms with Crippen LogP contribution in [0.4, 0.5) is 0 Å². The van der Waals surface area contributed by atoms with Crippen LogP contribution in [0.2, 0.25) is 5.02 Å². The molecule has 8 heteroatoms. The topological polar surface area (TPSA) is 79.9 Å². The van der Waals surface area contributed by atoms with Gasteiger partial charge in [0.25, 0.3) is 11.8 Å². The summed E-state index contributed by atoms with van der Waals surface area (Å²) in [6, 6.07) is 23.2. The van der Waals surface area contributed by atoms with E-state index in [1.54, 1.807) is 30.3 Å². The number of halogens is 1. The van der Waals surface area contributed by atoms with Gasteiger partial charge >= 0.3 is 0 Å². The first-order valence-electron chi connectivity index (χ1n) is 11.8. The normalized spacial score (nSPS) is 14.2. The van der Waals surface area contributed by atoms with Crippen LogP contribution in [-0.2, 0) is 9.53 Å². The minimum absolute atomic E-state index is 0.133. The van der Waals surface area contributed by atoms with Crippen molar-refractivity contribution in [1.82, 2.24) is 15.5 Å². The van der Waals surface area contributed by atoms with Crippen LogP contribution in [0, 0.1) is 0 Å². The molecule has 36 heavy (non-hydrogen) atoms. The molecule has 1 saturated heterocycles.